The van der Waals surface area contributed by atoms with Gasteiger partial charge in [0.1, 0.15) is 5.54 Å². The number of carbonyl (C=O) groups is 2. The highest BCUT2D eigenvalue weighted by molar-refractivity contribution is 5.86. The zero-order valence-corrected chi connectivity index (χ0v) is 10.8. The lowest BCUT2D eigenvalue weighted by molar-refractivity contribution is -0.156. The zero-order valence-electron chi connectivity index (χ0n) is 10.8. The number of carboxylic acids is 1. The van der Waals surface area contributed by atoms with E-state index < -0.39 is 11.5 Å². The molecule has 5 nitrogen and oxygen atoms in total. The Hall–Kier alpha value is -1.10. The number of hydrogen-bond acceptors (Lipinski definition) is 3. The van der Waals surface area contributed by atoms with Crippen molar-refractivity contribution < 1.29 is 14.7 Å². The molecule has 0 aliphatic heterocycles. The van der Waals surface area contributed by atoms with E-state index in [1.807, 2.05) is 0 Å². The Labute approximate surface area is 102 Å². The third-order valence-electron chi connectivity index (χ3n) is 3.45. The Bertz CT molecular complexity index is 311. The van der Waals surface area contributed by atoms with E-state index in [2.05, 4.69) is 0 Å². The highest BCUT2D eigenvalue weighted by Crippen LogP contribution is 2.33. The van der Waals surface area contributed by atoms with Gasteiger partial charge in [-0.3, -0.25) is 4.79 Å². The van der Waals surface area contributed by atoms with Crippen molar-refractivity contribution in [3.05, 3.63) is 0 Å². The molecule has 1 rings (SSSR count). The fourth-order valence-electron chi connectivity index (χ4n) is 2.00. The van der Waals surface area contributed by atoms with Crippen LogP contribution in [-0.2, 0) is 9.59 Å². The van der Waals surface area contributed by atoms with E-state index in [-0.39, 0.29) is 18.4 Å². The Balaban J connectivity index is 2.65. The molecule has 0 saturated heterocycles. The largest absolute Gasteiger partial charge is 0.480 e. The van der Waals surface area contributed by atoms with Crippen LogP contribution in [0.1, 0.15) is 40.0 Å². The van der Waals surface area contributed by atoms with Gasteiger partial charge in [0.2, 0.25) is 5.91 Å². The van der Waals surface area contributed by atoms with E-state index >= 15 is 0 Å². The summed E-state index contributed by atoms with van der Waals surface area (Å²) >= 11 is 0. The minimum atomic E-state index is -1.17. The summed E-state index contributed by atoms with van der Waals surface area (Å²) in [6.07, 6.45) is 2.42. The van der Waals surface area contributed by atoms with Gasteiger partial charge in [0, 0.05) is 19.0 Å². The fraction of sp³-hybridized carbons (Fsp3) is 0.833. The molecule has 5 heteroatoms. The lowest BCUT2D eigenvalue weighted by atomic mass is 10.0. The fourth-order valence-corrected chi connectivity index (χ4v) is 2.00. The van der Waals surface area contributed by atoms with Gasteiger partial charge in [-0.25, -0.2) is 4.79 Å². The minimum Gasteiger partial charge on any atom is -0.480 e. The molecule has 1 unspecified atom stereocenters. The standard InChI is InChI=1S/C12H22N2O3/c1-4-14(12(2,3)11(16)17)10(15)7-9(13)8-5-6-8/h8-9H,4-7,13H2,1-3H3,(H,16,17). The third-order valence-corrected chi connectivity index (χ3v) is 3.45. The van der Waals surface area contributed by atoms with Gasteiger partial charge in [0.05, 0.1) is 0 Å². The number of hydrogen-bond donors (Lipinski definition) is 2. The van der Waals surface area contributed by atoms with Gasteiger partial charge in [-0.15, -0.1) is 0 Å². The summed E-state index contributed by atoms with van der Waals surface area (Å²) in [6, 6.07) is -0.124. The Kier molecular flexibility index (Phi) is 4.14. The summed E-state index contributed by atoms with van der Waals surface area (Å²) in [4.78, 5) is 24.6. The Morgan fingerprint density at radius 3 is 2.35 bits per heavy atom. The number of aliphatic carboxylic acids is 1. The van der Waals surface area contributed by atoms with Gasteiger partial charge >= 0.3 is 5.97 Å². The first-order valence-electron chi connectivity index (χ1n) is 6.10. The second-order valence-electron chi connectivity index (χ2n) is 5.21. The summed E-state index contributed by atoms with van der Waals surface area (Å²) in [5, 5.41) is 9.12. The van der Waals surface area contributed by atoms with Crippen molar-refractivity contribution in [1.29, 1.82) is 0 Å². The summed E-state index contributed by atoms with van der Waals surface area (Å²) in [7, 11) is 0. The molecular formula is C12H22N2O3. The summed E-state index contributed by atoms with van der Waals surface area (Å²) in [5.74, 6) is -0.711. The van der Waals surface area contributed by atoms with Gasteiger partial charge in [-0.05, 0) is 39.5 Å². The molecule has 1 fully saturated rings. The van der Waals surface area contributed by atoms with Gasteiger partial charge in [-0.2, -0.15) is 0 Å². The number of likely N-dealkylation sites (N-methyl/N-ethyl adjacent to an activating group) is 1. The van der Waals surface area contributed by atoms with Crippen LogP contribution in [-0.4, -0.2) is 40.0 Å². The van der Waals surface area contributed by atoms with Crippen LogP contribution in [0, 0.1) is 5.92 Å². The molecule has 1 amide bonds. The first-order chi connectivity index (χ1) is 7.80. The van der Waals surface area contributed by atoms with Crippen molar-refractivity contribution in [3.63, 3.8) is 0 Å². The van der Waals surface area contributed by atoms with Crippen LogP contribution < -0.4 is 5.73 Å². The number of carbonyl (C=O) groups excluding carboxylic acids is 1. The van der Waals surface area contributed by atoms with Gasteiger partial charge < -0.3 is 15.7 Å². The van der Waals surface area contributed by atoms with Crippen molar-refractivity contribution in [3.8, 4) is 0 Å². The lowest BCUT2D eigenvalue weighted by Gasteiger charge is -2.35. The number of amides is 1. The van der Waals surface area contributed by atoms with Crippen molar-refractivity contribution in [2.45, 2.75) is 51.6 Å². The third kappa shape index (κ3) is 3.19. The molecule has 1 saturated carbocycles. The molecule has 1 aliphatic carbocycles. The minimum absolute atomic E-state index is 0.124. The van der Waals surface area contributed by atoms with E-state index in [9.17, 15) is 9.59 Å². The Morgan fingerprint density at radius 2 is 2.00 bits per heavy atom. The first-order valence-corrected chi connectivity index (χ1v) is 6.10. The summed E-state index contributed by atoms with van der Waals surface area (Å²) in [5.41, 5.74) is 4.73. The van der Waals surface area contributed by atoms with Crippen molar-refractivity contribution in [1.82, 2.24) is 4.90 Å². The maximum absolute atomic E-state index is 12.1. The van der Waals surface area contributed by atoms with Crippen molar-refractivity contribution >= 4 is 11.9 Å². The van der Waals surface area contributed by atoms with Crippen LogP contribution in [0.2, 0.25) is 0 Å². The van der Waals surface area contributed by atoms with Crippen LogP contribution in [0.25, 0.3) is 0 Å². The molecule has 0 spiro atoms. The molecular weight excluding hydrogens is 220 g/mol. The molecule has 1 atom stereocenters. The molecule has 0 radical (unpaired) electrons. The highest BCUT2D eigenvalue weighted by atomic mass is 16.4. The second-order valence-corrected chi connectivity index (χ2v) is 5.21. The van der Waals surface area contributed by atoms with Crippen LogP contribution in [0.5, 0.6) is 0 Å². The summed E-state index contributed by atoms with van der Waals surface area (Å²) in [6.45, 7) is 5.25. The molecule has 17 heavy (non-hydrogen) atoms. The molecule has 0 heterocycles. The van der Waals surface area contributed by atoms with E-state index in [0.29, 0.717) is 12.5 Å². The van der Waals surface area contributed by atoms with E-state index in [1.54, 1.807) is 20.8 Å². The number of nitrogens with two attached hydrogens (primary N) is 1. The second kappa shape index (κ2) is 5.04. The molecule has 98 valence electrons. The normalized spacial score (nSPS) is 17.6. The van der Waals surface area contributed by atoms with Gasteiger partial charge in [-0.1, -0.05) is 0 Å². The maximum Gasteiger partial charge on any atom is 0.329 e. The Morgan fingerprint density at radius 1 is 1.47 bits per heavy atom. The molecule has 1 aliphatic rings. The number of nitrogens with zero attached hydrogens (tertiary/aromatic N) is 1. The molecule has 0 aromatic heterocycles. The number of rotatable bonds is 6. The van der Waals surface area contributed by atoms with Crippen molar-refractivity contribution in [2.75, 3.05) is 6.54 Å². The van der Waals surface area contributed by atoms with E-state index in [4.69, 9.17) is 10.8 Å². The quantitative estimate of drug-likeness (QED) is 0.722. The average Bonchev–Trinajstić information content (AvgIpc) is 3.00. The topological polar surface area (TPSA) is 83.6 Å². The van der Waals surface area contributed by atoms with Crippen LogP contribution in [0.3, 0.4) is 0 Å². The SMILES string of the molecule is CCN(C(=O)CC(N)C1CC1)C(C)(C)C(=O)O. The average molecular weight is 242 g/mol. The highest BCUT2D eigenvalue weighted by Gasteiger charge is 2.38. The molecule has 0 aromatic rings. The monoisotopic (exact) mass is 242 g/mol. The maximum atomic E-state index is 12.1. The molecule has 3 N–H and O–H groups in total. The molecule has 0 bridgehead atoms. The lowest BCUT2D eigenvalue weighted by Crippen LogP contribution is -2.53. The van der Waals surface area contributed by atoms with Crippen LogP contribution >= 0.6 is 0 Å². The zero-order chi connectivity index (χ0) is 13.2. The molecule has 0 aromatic carbocycles. The smallest absolute Gasteiger partial charge is 0.329 e. The summed E-state index contributed by atoms with van der Waals surface area (Å²) < 4.78 is 0. The van der Waals surface area contributed by atoms with Gasteiger partial charge in [0.25, 0.3) is 0 Å². The first kappa shape index (κ1) is 14.0. The predicted octanol–water partition coefficient (Wildman–Crippen LogP) is 0.825. The van der Waals surface area contributed by atoms with Crippen molar-refractivity contribution in [2.24, 2.45) is 11.7 Å². The van der Waals surface area contributed by atoms with E-state index in [0.717, 1.165) is 12.8 Å². The van der Waals surface area contributed by atoms with E-state index in [1.165, 1.54) is 4.90 Å². The predicted molar refractivity (Wildman–Crippen MR) is 64.4 cm³/mol. The van der Waals surface area contributed by atoms with Crippen LogP contribution in [0.15, 0.2) is 0 Å². The van der Waals surface area contributed by atoms with Crippen LogP contribution in [0.4, 0.5) is 0 Å². The van der Waals surface area contributed by atoms with Gasteiger partial charge in [0.15, 0.2) is 0 Å². The number of carboxylic acid groups (broad SMARTS) is 1.